The Morgan fingerprint density at radius 3 is 2.35 bits per heavy atom. The van der Waals surface area contributed by atoms with Crippen LogP contribution in [0.5, 0.6) is 11.5 Å². The Balaban J connectivity index is 2.83. The van der Waals surface area contributed by atoms with Crippen LogP contribution < -0.4 is 14.8 Å². The van der Waals surface area contributed by atoms with Gasteiger partial charge in [-0.1, -0.05) is 11.6 Å². The van der Waals surface area contributed by atoms with Gasteiger partial charge in [-0.2, -0.15) is 0 Å². The van der Waals surface area contributed by atoms with Gasteiger partial charge >= 0.3 is 5.97 Å². The van der Waals surface area contributed by atoms with Crippen molar-refractivity contribution in [1.29, 1.82) is 0 Å². The number of methoxy groups -OCH3 is 1. The molecular formula is C19H26ClNO5. The standard InChI is InChI=1S/C19H26ClNO5/c1-11(2)21-19(23)13(5)26-17(22)8-7-14-9-15(20)18(25-12(3)4)16(10-14)24-6/h7-13H,1-6H3,(H,21,23)/b8-7+/t13-/m1/s1. The Morgan fingerprint density at radius 1 is 1.15 bits per heavy atom. The SMILES string of the molecule is COc1cc(/C=C/C(=O)O[C@H](C)C(=O)NC(C)C)cc(Cl)c1OC(C)C. The summed E-state index contributed by atoms with van der Waals surface area (Å²) in [6, 6.07) is 3.32. The highest BCUT2D eigenvalue weighted by atomic mass is 35.5. The van der Waals surface area contributed by atoms with Crippen molar-refractivity contribution in [3.63, 3.8) is 0 Å². The van der Waals surface area contributed by atoms with E-state index >= 15 is 0 Å². The highest BCUT2D eigenvalue weighted by Crippen LogP contribution is 2.37. The van der Waals surface area contributed by atoms with E-state index in [4.69, 9.17) is 25.8 Å². The smallest absolute Gasteiger partial charge is 0.331 e. The van der Waals surface area contributed by atoms with Crippen LogP contribution in [-0.2, 0) is 14.3 Å². The lowest BCUT2D eigenvalue weighted by Gasteiger charge is -2.15. The zero-order valence-electron chi connectivity index (χ0n) is 16.0. The minimum Gasteiger partial charge on any atom is -0.493 e. The van der Waals surface area contributed by atoms with E-state index in [1.165, 1.54) is 26.2 Å². The molecule has 1 aromatic rings. The molecule has 0 unspecified atom stereocenters. The molecule has 26 heavy (non-hydrogen) atoms. The fourth-order valence-corrected chi connectivity index (χ4v) is 2.28. The van der Waals surface area contributed by atoms with Crippen LogP contribution in [0.4, 0.5) is 0 Å². The summed E-state index contributed by atoms with van der Waals surface area (Å²) in [4.78, 5) is 23.6. The maximum absolute atomic E-state index is 11.9. The van der Waals surface area contributed by atoms with Crippen molar-refractivity contribution in [1.82, 2.24) is 5.32 Å². The molecule has 0 fully saturated rings. The lowest BCUT2D eigenvalue weighted by atomic mass is 10.2. The normalized spacial score (nSPS) is 12.3. The molecule has 144 valence electrons. The third-order valence-electron chi connectivity index (χ3n) is 3.11. The van der Waals surface area contributed by atoms with Crippen molar-refractivity contribution in [2.75, 3.05) is 7.11 Å². The molecule has 0 aliphatic rings. The van der Waals surface area contributed by atoms with E-state index in [2.05, 4.69) is 5.32 Å². The van der Waals surface area contributed by atoms with E-state index in [-0.39, 0.29) is 18.1 Å². The number of nitrogens with one attached hydrogen (secondary N) is 1. The average Bonchev–Trinajstić information content (AvgIpc) is 2.53. The predicted octanol–water partition coefficient (Wildman–Crippen LogP) is 3.61. The van der Waals surface area contributed by atoms with Gasteiger partial charge in [0.1, 0.15) is 0 Å². The van der Waals surface area contributed by atoms with Crippen LogP contribution in [0.15, 0.2) is 18.2 Å². The van der Waals surface area contributed by atoms with Gasteiger partial charge in [-0.25, -0.2) is 4.79 Å². The van der Waals surface area contributed by atoms with Gasteiger partial charge in [-0.15, -0.1) is 0 Å². The topological polar surface area (TPSA) is 73.9 Å². The van der Waals surface area contributed by atoms with E-state index in [1.807, 2.05) is 27.7 Å². The molecule has 1 N–H and O–H groups in total. The van der Waals surface area contributed by atoms with E-state index in [0.717, 1.165) is 0 Å². The van der Waals surface area contributed by atoms with Crippen LogP contribution in [0.3, 0.4) is 0 Å². The van der Waals surface area contributed by atoms with E-state index < -0.39 is 12.1 Å². The zero-order chi connectivity index (χ0) is 19.9. The van der Waals surface area contributed by atoms with Crippen molar-refractivity contribution >= 4 is 29.6 Å². The molecule has 1 aromatic carbocycles. The van der Waals surface area contributed by atoms with Crippen molar-refractivity contribution in [2.45, 2.75) is 52.9 Å². The lowest BCUT2D eigenvalue weighted by Crippen LogP contribution is -2.39. The molecule has 1 rings (SSSR count). The Morgan fingerprint density at radius 2 is 1.81 bits per heavy atom. The fraction of sp³-hybridized carbons (Fsp3) is 0.474. The molecule has 6 nitrogen and oxygen atoms in total. The monoisotopic (exact) mass is 383 g/mol. The summed E-state index contributed by atoms with van der Waals surface area (Å²) in [6.45, 7) is 8.94. The Labute approximate surface area is 159 Å². The number of benzene rings is 1. The van der Waals surface area contributed by atoms with Gasteiger partial charge < -0.3 is 19.5 Å². The van der Waals surface area contributed by atoms with Crippen molar-refractivity contribution in [3.05, 3.63) is 28.8 Å². The second-order valence-electron chi connectivity index (χ2n) is 6.28. The quantitative estimate of drug-likeness (QED) is 0.548. The van der Waals surface area contributed by atoms with Gasteiger partial charge in [0, 0.05) is 12.1 Å². The van der Waals surface area contributed by atoms with Crippen LogP contribution in [0, 0.1) is 0 Å². The molecule has 0 aliphatic carbocycles. The number of ether oxygens (including phenoxy) is 3. The van der Waals surface area contributed by atoms with E-state index in [0.29, 0.717) is 22.1 Å². The summed E-state index contributed by atoms with van der Waals surface area (Å²) in [7, 11) is 1.51. The molecule has 0 aromatic heterocycles. The first-order valence-corrected chi connectivity index (χ1v) is 8.75. The third kappa shape index (κ3) is 6.96. The molecule has 0 radical (unpaired) electrons. The number of carbonyl (C=O) groups is 2. The van der Waals surface area contributed by atoms with Crippen molar-refractivity contribution < 1.29 is 23.8 Å². The highest BCUT2D eigenvalue weighted by Gasteiger charge is 2.17. The second kappa shape index (κ2) is 10.1. The number of carbonyl (C=O) groups excluding carboxylic acids is 2. The molecule has 0 saturated heterocycles. The number of rotatable bonds is 8. The summed E-state index contributed by atoms with van der Waals surface area (Å²) in [5, 5.41) is 3.05. The summed E-state index contributed by atoms with van der Waals surface area (Å²) in [6.07, 6.45) is 1.82. The molecule has 0 heterocycles. The summed E-state index contributed by atoms with van der Waals surface area (Å²) >= 11 is 6.24. The van der Waals surface area contributed by atoms with Crippen LogP contribution in [0.25, 0.3) is 6.08 Å². The minimum atomic E-state index is -0.880. The number of esters is 1. The molecule has 7 heteroatoms. The summed E-state index contributed by atoms with van der Waals surface area (Å²) < 4.78 is 16.0. The molecular weight excluding hydrogens is 358 g/mol. The Hall–Kier alpha value is -2.21. The van der Waals surface area contributed by atoms with E-state index in [1.54, 1.807) is 12.1 Å². The van der Waals surface area contributed by atoms with Crippen LogP contribution in [-0.4, -0.2) is 37.2 Å². The molecule has 0 bridgehead atoms. The maximum atomic E-state index is 11.9. The first-order chi connectivity index (χ1) is 12.1. The van der Waals surface area contributed by atoms with Crippen LogP contribution >= 0.6 is 11.6 Å². The van der Waals surface area contributed by atoms with Crippen molar-refractivity contribution in [3.8, 4) is 11.5 Å². The number of halogens is 1. The minimum absolute atomic E-state index is 0.0274. The van der Waals surface area contributed by atoms with E-state index in [9.17, 15) is 9.59 Å². The summed E-state index contributed by atoms with van der Waals surface area (Å²) in [5.41, 5.74) is 0.638. The first-order valence-electron chi connectivity index (χ1n) is 8.37. The van der Waals surface area contributed by atoms with Gasteiger partial charge in [-0.05, 0) is 58.4 Å². The first kappa shape index (κ1) is 21.8. The number of amides is 1. The van der Waals surface area contributed by atoms with Gasteiger partial charge in [0.25, 0.3) is 5.91 Å². The largest absolute Gasteiger partial charge is 0.493 e. The zero-order valence-corrected chi connectivity index (χ0v) is 16.7. The van der Waals surface area contributed by atoms with Crippen LogP contribution in [0.2, 0.25) is 5.02 Å². The van der Waals surface area contributed by atoms with Gasteiger partial charge in [0.2, 0.25) is 0 Å². The maximum Gasteiger partial charge on any atom is 0.331 e. The fourth-order valence-electron chi connectivity index (χ4n) is 2.02. The highest BCUT2D eigenvalue weighted by molar-refractivity contribution is 6.32. The number of hydrogen-bond acceptors (Lipinski definition) is 5. The molecule has 1 atom stereocenters. The summed E-state index contributed by atoms with van der Waals surface area (Å²) in [5.74, 6) is -0.0672. The molecule has 0 aliphatic heterocycles. The second-order valence-corrected chi connectivity index (χ2v) is 6.68. The lowest BCUT2D eigenvalue weighted by molar-refractivity contribution is -0.150. The van der Waals surface area contributed by atoms with Gasteiger partial charge in [0.15, 0.2) is 17.6 Å². The van der Waals surface area contributed by atoms with Gasteiger partial charge in [-0.3, -0.25) is 4.79 Å². The molecule has 0 spiro atoms. The Kier molecular flexibility index (Phi) is 8.45. The Bertz CT molecular complexity index is 670. The number of hydrogen-bond donors (Lipinski definition) is 1. The molecule has 0 saturated carbocycles. The predicted molar refractivity (Wildman–Crippen MR) is 102 cm³/mol. The van der Waals surface area contributed by atoms with Gasteiger partial charge in [0.05, 0.1) is 18.2 Å². The molecule has 1 amide bonds. The third-order valence-corrected chi connectivity index (χ3v) is 3.39. The van der Waals surface area contributed by atoms with Crippen molar-refractivity contribution in [2.24, 2.45) is 0 Å². The van der Waals surface area contributed by atoms with Crippen LogP contribution in [0.1, 0.15) is 40.2 Å². The average molecular weight is 384 g/mol.